The van der Waals surface area contributed by atoms with Gasteiger partial charge >= 0.3 is 5.97 Å². The maximum Gasteiger partial charge on any atom is 0.303 e. The van der Waals surface area contributed by atoms with Crippen LogP contribution in [0, 0.1) is 0 Å². The molecule has 1 aromatic rings. The summed E-state index contributed by atoms with van der Waals surface area (Å²) in [4.78, 5) is 12.5. The molecule has 0 aromatic heterocycles. The quantitative estimate of drug-likeness (QED) is 0.874. The highest BCUT2D eigenvalue weighted by Gasteiger charge is 2.17. The van der Waals surface area contributed by atoms with Crippen molar-refractivity contribution in [2.24, 2.45) is 0 Å². The van der Waals surface area contributed by atoms with Gasteiger partial charge in [0.15, 0.2) is 11.5 Å². The van der Waals surface area contributed by atoms with Gasteiger partial charge < -0.3 is 19.5 Å². The summed E-state index contributed by atoms with van der Waals surface area (Å²) in [5, 5.41) is 9.17. The van der Waals surface area contributed by atoms with E-state index >= 15 is 0 Å². The summed E-state index contributed by atoms with van der Waals surface area (Å²) in [5.41, 5.74) is 1.03. The summed E-state index contributed by atoms with van der Waals surface area (Å²) in [6.07, 6.45) is 0.816. The number of carboxylic acids is 1. The van der Waals surface area contributed by atoms with Gasteiger partial charge in [-0.1, -0.05) is 11.6 Å². The van der Waals surface area contributed by atoms with E-state index in [0.29, 0.717) is 42.7 Å². The number of carboxylic acid groups (broad SMARTS) is 1. The summed E-state index contributed by atoms with van der Waals surface area (Å²) >= 11 is 6.18. The molecule has 5 nitrogen and oxygen atoms in total. The lowest BCUT2D eigenvalue weighted by Gasteiger charge is -2.22. The van der Waals surface area contributed by atoms with Crippen molar-refractivity contribution in [1.82, 2.24) is 4.90 Å². The first-order chi connectivity index (χ1) is 9.56. The lowest BCUT2D eigenvalue weighted by molar-refractivity contribution is -0.137. The average Bonchev–Trinajstić information content (AvgIpc) is 2.38. The summed E-state index contributed by atoms with van der Waals surface area (Å²) in [6.45, 7) is 2.46. The fraction of sp³-hybridized carbons (Fsp3) is 0.500. The molecule has 0 saturated carbocycles. The number of carbonyl (C=O) groups is 1. The fourth-order valence-corrected chi connectivity index (χ4v) is 2.43. The minimum atomic E-state index is -0.763. The molecule has 2 rings (SSSR count). The molecule has 0 unspecified atom stereocenters. The van der Waals surface area contributed by atoms with Crippen LogP contribution in [-0.2, 0) is 11.3 Å². The molecule has 0 spiro atoms. The standard InChI is InChI=1S/C14H18ClNO4/c1-16(4-2-3-13(17)18)9-10-7-11(15)14-12(8-10)19-5-6-20-14/h7-8H,2-6,9H2,1H3,(H,17,18). The van der Waals surface area contributed by atoms with Crippen molar-refractivity contribution in [2.45, 2.75) is 19.4 Å². The molecule has 0 fully saturated rings. The number of benzene rings is 1. The zero-order chi connectivity index (χ0) is 14.5. The molecule has 110 valence electrons. The van der Waals surface area contributed by atoms with Crippen molar-refractivity contribution < 1.29 is 19.4 Å². The molecule has 0 amide bonds. The molecule has 1 aliphatic rings. The summed E-state index contributed by atoms with van der Waals surface area (Å²) in [5.74, 6) is 0.522. The van der Waals surface area contributed by atoms with Gasteiger partial charge in [-0.15, -0.1) is 0 Å². The highest BCUT2D eigenvalue weighted by molar-refractivity contribution is 6.32. The Morgan fingerprint density at radius 3 is 2.90 bits per heavy atom. The average molecular weight is 300 g/mol. The number of aliphatic carboxylic acids is 1. The van der Waals surface area contributed by atoms with Gasteiger partial charge in [-0.2, -0.15) is 0 Å². The Kier molecular flexibility index (Phi) is 5.09. The van der Waals surface area contributed by atoms with Crippen molar-refractivity contribution in [3.8, 4) is 11.5 Å². The van der Waals surface area contributed by atoms with Crippen LogP contribution in [0.25, 0.3) is 0 Å². The molecule has 1 N–H and O–H groups in total. The SMILES string of the molecule is CN(CCCC(=O)O)Cc1cc(Cl)c2c(c1)OCCO2. The Morgan fingerprint density at radius 1 is 1.40 bits per heavy atom. The molecular weight excluding hydrogens is 282 g/mol. The number of hydrogen-bond donors (Lipinski definition) is 1. The first-order valence-corrected chi connectivity index (χ1v) is 6.92. The van der Waals surface area contributed by atoms with E-state index in [1.54, 1.807) is 0 Å². The normalized spacial score (nSPS) is 13.6. The van der Waals surface area contributed by atoms with Crippen molar-refractivity contribution in [2.75, 3.05) is 26.8 Å². The number of hydrogen-bond acceptors (Lipinski definition) is 4. The minimum Gasteiger partial charge on any atom is -0.486 e. The van der Waals surface area contributed by atoms with E-state index in [9.17, 15) is 4.79 Å². The lowest BCUT2D eigenvalue weighted by atomic mass is 10.1. The van der Waals surface area contributed by atoms with E-state index < -0.39 is 5.97 Å². The first kappa shape index (κ1) is 14.9. The van der Waals surface area contributed by atoms with E-state index in [1.165, 1.54) is 0 Å². The number of nitrogens with zero attached hydrogens (tertiary/aromatic N) is 1. The maximum absolute atomic E-state index is 10.5. The summed E-state index contributed by atoms with van der Waals surface area (Å²) in [7, 11) is 1.95. The van der Waals surface area contributed by atoms with Gasteiger partial charge in [0.25, 0.3) is 0 Å². The van der Waals surface area contributed by atoms with Crippen molar-refractivity contribution >= 4 is 17.6 Å². The van der Waals surface area contributed by atoms with Gasteiger partial charge in [0.05, 0.1) is 5.02 Å². The van der Waals surface area contributed by atoms with Crippen molar-refractivity contribution in [3.63, 3.8) is 0 Å². The minimum absolute atomic E-state index is 0.187. The Labute approximate surface area is 123 Å². The highest BCUT2D eigenvalue weighted by atomic mass is 35.5. The first-order valence-electron chi connectivity index (χ1n) is 6.54. The van der Waals surface area contributed by atoms with Crippen molar-refractivity contribution in [3.05, 3.63) is 22.7 Å². The van der Waals surface area contributed by atoms with Gasteiger partial charge in [0.2, 0.25) is 0 Å². The summed E-state index contributed by atoms with van der Waals surface area (Å²) < 4.78 is 11.0. The second-order valence-electron chi connectivity index (χ2n) is 4.84. The van der Waals surface area contributed by atoms with Gasteiger partial charge in [-0.3, -0.25) is 4.79 Å². The van der Waals surface area contributed by atoms with Gasteiger partial charge in [-0.05, 0) is 37.7 Å². The number of ether oxygens (including phenoxy) is 2. The second kappa shape index (κ2) is 6.81. The molecule has 0 radical (unpaired) electrons. The van der Waals surface area contributed by atoms with E-state index in [4.69, 9.17) is 26.2 Å². The number of halogens is 1. The van der Waals surface area contributed by atoms with Crippen LogP contribution in [0.5, 0.6) is 11.5 Å². The van der Waals surface area contributed by atoms with Crippen LogP contribution in [0.3, 0.4) is 0 Å². The van der Waals surface area contributed by atoms with E-state index in [-0.39, 0.29) is 6.42 Å². The Bertz CT molecular complexity index is 492. The topological polar surface area (TPSA) is 59.0 Å². The van der Waals surface area contributed by atoms with E-state index in [0.717, 1.165) is 12.1 Å². The van der Waals surface area contributed by atoms with Crippen LogP contribution in [0.1, 0.15) is 18.4 Å². The molecule has 0 saturated heterocycles. The third kappa shape index (κ3) is 4.02. The van der Waals surface area contributed by atoms with Gasteiger partial charge in [0, 0.05) is 13.0 Å². The molecule has 1 aliphatic heterocycles. The largest absolute Gasteiger partial charge is 0.486 e. The predicted octanol–water partition coefficient (Wildman–Crippen LogP) is 2.41. The highest BCUT2D eigenvalue weighted by Crippen LogP contribution is 2.38. The van der Waals surface area contributed by atoms with Gasteiger partial charge in [0.1, 0.15) is 13.2 Å². The van der Waals surface area contributed by atoms with Crippen LogP contribution in [0.15, 0.2) is 12.1 Å². The third-order valence-electron chi connectivity index (χ3n) is 3.04. The molecule has 20 heavy (non-hydrogen) atoms. The van der Waals surface area contributed by atoms with Crippen LogP contribution in [-0.4, -0.2) is 42.8 Å². The van der Waals surface area contributed by atoms with Crippen LogP contribution in [0.2, 0.25) is 5.02 Å². The van der Waals surface area contributed by atoms with Gasteiger partial charge in [-0.25, -0.2) is 0 Å². The van der Waals surface area contributed by atoms with E-state index in [1.807, 2.05) is 19.2 Å². The summed E-state index contributed by atoms with van der Waals surface area (Å²) in [6, 6.07) is 3.79. The molecular formula is C14H18ClNO4. The molecule has 0 aliphatic carbocycles. The Hall–Kier alpha value is -1.46. The Morgan fingerprint density at radius 2 is 2.15 bits per heavy atom. The zero-order valence-electron chi connectivity index (χ0n) is 11.4. The molecule has 0 atom stereocenters. The van der Waals surface area contributed by atoms with Crippen molar-refractivity contribution in [1.29, 1.82) is 0 Å². The molecule has 6 heteroatoms. The molecule has 1 heterocycles. The fourth-order valence-electron chi connectivity index (χ4n) is 2.15. The molecule has 1 aromatic carbocycles. The van der Waals surface area contributed by atoms with Crippen LogP contribution < -0.4 is 9.47 Å². The zero-order valence-corrected chi connectivity index (χ0v) is 12.2. The van der Waals surface area contributed by atoms with Crippen LogP contribution in [0.4, 0.5) is 0 Å². The predicted molar refractivity (Wildman–Crippen MR) is 75.6 cm³/mol. The molecule has 0 bridgehead atoms. The maximum atomic E-state index is 10.5. The Balaban J connectivity index is 1.95. The smallest absolute Gasteiger partial charge is 0.303 e. The second-order valence-corrected chi connectivity index (χ2v) is 5.24. The monoisotopic (exact) mass is 299 g/mol. The lowest BCUT2D eigenvalue weighted by Crippen LogP contribution is -2.20. The van der Waals surface area contributed by atoms with Crippen LogP contribution >= 0.6 is 11.6 Å². The van der Waals surface area contributed by atoms with E-state index in [2.05, 4.69) is 4.90 Å². The number of fused-ring (bicyclic) bond motifs is 1. The number of rotatable bonds is 6. The third-order valence-corrected chi connectivity index (χ3v) is 3.32.